The van der Waals surface area contributed by atoms with Crippen LogP contribution in [0.2, 0.25) is 0 Å². The summed E-state index contributed by atoms with van der Waals surface area (Å²) < 4.78 is 11.8. The lowest BCUT2D eigenvalue weighted by Crippen LogP contribution is -2.36. The van der Waals surface area contributed by atoms with Crippen molar-refractivity contribution < 1.29 is 29.0 Å². The van der Waals surface area contributed by atoms with Crippen molar-refractivity contribution in [3.8, 4) is 17.2 Å². The lowest BCUT2D eigenvalue weighted by Gasteiger charge is -2.29. The third-order valence-electron chi connectivity index (χ3n) is 7.68. The highest BCUT2D eigenvalue weighted by Gasteiger charge is 2.17. The van der Waals surface area contributed by atoms with Crippen LogP contribution in [0.1, 0.15) is 66.2 Å². The number of carbonyl (C=O) groups is 3. The molecule has 1 aliphatic heterocycles. The first-order valence-electron chi connectivity index (χ1n) is 16.0. The van der Waals surface area contributed by atoms with Crippen LogP contribution in [0.3, 0.4) is 0 Å². The number of hydrogen-bond acceptors (Lipinski definition) is 7. The number of ether oxygens (including phenoxy) is 2. The number of unbranched alkanes of at least 4 members (excludes halogenated alkanes) is 2. The smallest absolute Gasteiger partial charge is 0.319 e. The van der Waals surface area contributed by atoms with Crippen LogP contribution in [0.5, 0.6) is 17.2 Å². The first-order valence-corrected chi connectivity index (χ1v) is 16.0. The van der Waals surface area contributed by atoms with E-state index in [2.05, 4.69) is 33.1 Å². The largest absolute Gasteiger partial charge is 0.494 e. The molecule has 0 aliphatic carbocycles. The number of aliphatic hydroxyl groups excluding tert-OH is 1. The van der Waals surface area contributed by atoms with Crippen molar-refractivity contribution in [3.05, 3.63) is 77.9 Å². The zero-order chi connectivity index (χ0) is 32.7. The molecule has 0 radical (unpaired) electrons. The summed E-state index contributed by atoms with van der Waals surface area (Å²) in [5, 5.41) is 20.7. The molecule has 5 N–H and O–H groups in total. The third-order valence-corrected chi connectivity index (χ3v) is 7.68. The van der Waals surface area contributed by atoms with Gasteiger partial charge in [0.1, 0.15) is 17.2 Å². The number of rotatable bonds is 15. The maximum atomic E-state index is 12.8. The van der Waals surface area contributed by atoms with Gasteiger partial charge in [-0.2, -0.15) is 0 Å². The van der Waals surface area contributed by atoms with Crippen LogP contribution in [-0.4, -0.2) is 73.8 Å². The van der Waals surface area contributed by atoms with E-state index < -0.39 is 0 Å². The zero-order valence-corrected chi connectivity index (χ0v) is 26.6. The first-order chi connectivity index (χ1) is 22.3. The fourth-order valence-corrected chi connectivity index (χ4v) is 5.02. The Bertz CT molecular complexity index is 1420. The highest BCUT2D eigenvalue weighted by molar-refractivity contribution is 6.04. The van der Waals surface area contributed by atoms with E-state index in [-0.39, 0.29) is 29.5 Å². The summed E-state index contributed by atoms with van der Waals surface area (Å²) in [6.45, 7) is 6.05. The van der Waals surface area contributed by atoms with Crippen LogP contribution in [0.4, 0.5) is 16.2 Å². The molecular formula is C35H45N5O6. The number of nitrogens with zero attached hydrogens (tertiary/aromatic N) is 1. The van der Waals surface area contributed by atoms with Gasteiger partial charge in [0, 0.05) is 50.2 Å². The van der Waals surface area contributed by atoms with Gasteiger partial charge in [0.05, 0.1) is 18.3 Å². The number of amides is 4. The molecule has 46 heavy (non-hydrogen) atoms. The molecule has 1 saturated heterocycles. The SMILES string of the molecule is CCCCCNC(=O)Nc1ccc(Oc2ccc(NC(=O)c3ccc(OCCCN4CCC(O)CC4)cc3)cc2)c(C(=O)NC)c1. The fraction of sp³-hybridized carbons (Fsp3) is 0.400. The van der Waals surface area contributed by atoms with Crippen LogP contribution >= 0.6 is 0 Å². The fourth-order valence-electron chi connectivity index (χ4n) is 5.02. The molecule has 0 saturated carbocycles. The second kappa shape index (κ2) is 17.8. The molecule has 1 heterocycles. The number of hydrogen-bond donors (Lipinski definition) is 5. The lowest BCUT2D eigenvalue weighted by atomic mass is 10.1. The van der Waals surface area contributed by atoms with Crippen molar-refractivity contribution in [2.45, 2.75) is 51.6 Å². The predicted octanol–water partition coefficient (Wildman–Crippen LogP) is 5.63. The van der Waals surface area contributed by atoms with Gasteiger partial charge < -0.3 is 40.7 Å². The Hall–Kier alpha value is -4.61. The highest BCUT2D eigenvalue weighted by Crippen LogP contribution is 2.29. The van der Waals surface area contributed by atoms with Gasteiger partial charge >= 0.3 is 6.03 Å². The van der Waals surface area contributed by atoms with Gasteiger partial charge in [-0.25, -0.2) is 4.79 Å². The Kier molecular flexibility index (Phi) is 13.2. The van der Waals surface area contributed by atoms with E-state index in [4.69, 9.17) is 9.47 Å². The molecule has 1 fully saturated rings. The van der Waals surface area contributed by atoms with Crippen LogP contribution < -0.4 is 30.7 Å². The predicted molar refractivity (Wildman–Crippen MR) is 179 cm³/mol. The summed E-state index contributed by atoms with van der Waals surface area (Å²) in [5.41, 5.74) is 1.81. The lowest BCUT2D eigenvalue weighted by molar-refractivity contribution is 0.0800. The molecule has 4 amide bonds. The molecule has 3 aromatic carbocycles. The minimum Gasteiger partial charge on any atom is -0.494 e. The number of aliphatic hydroxyl groups is 1. The molecule has 0 spiro atoms. The Balaban J connectivity index is 1.26. The molecule has 3 aromatic rings. The monoisotopic (exact) mass is 631 g/mol. The van der Waals surface area contributed by atoms with Gasteiger partial charge in [-0.15, -0.1) is 0 Å². The summed E-state index contributed by atoms with van der Waals surface area (Å²) in [6, 6.07) is 18.4. The van der Waals surface area contributed by atoms with Crippen molar-refractivity contribution in [2.75, 3.05) is 50.5 Å². The van der Waals surface area contributed by atoms with E-state index in [9.17, 15) is 19.5 Å². The molecule has 0 bridgehead atoms. The minimum absolute atomic E-state index is 0.165. The van der Waals surface area contributed by atoms with E-state index in [0.29, 0.717) is 47.3 Å². The number of urea groups is 1. The van der Waals surface area contributed by atoms with Gasteiger partial charge in [-0.05, 0) is 92.4 Å². The topological polar surface area (TPSA) is 141 Å². The zero-order valence-electron chi connectivity index (χ0n) is 26.6. The van der Waals surface area contributed by atoms with Crippen LogP contribution in [0, 0.1) is 0 Å². The Morgan fingerprint density at radius 3 is 2.24 bits per heavy atom. The number of likely N-dealkylation sites (tertiary alicyclic amines) is 1. The molecule has 0 unspecified atom stereocenters. The van der Waals surface area contributed by atoms with Gasteiger partial charge in [-0.1, -0.05) is 19.8 Å². The molecule has 1 aliphatic rings. The summed E-state index contributed by atoms with van der Waals surface area (Å²) in [4.78, 5) is 40.0. The normalized spacial score (nSPS) is 13.5. The van der Waals surface area contributed by atoms with E-state index in [1.54, 1.807) is 66.7 Å². The maximum absolute atomic E-state index is 12.8. The summed E-state index contributed by atoms with van der Waals surface area (Å²) in [6.07, 6.45) is 5.40. The second-order valence-electron chi connectivity index (χ2n) is 11.3. The Morgan fingerprint density at radius 2 is 1.54 bits per heavy atom. The summed E-state index contributed by atoms with van der Waals surface area (Å²) >= 11 is 0. The van der Waals surface area contributed by atoms with Crippen molar-refractivity contribution in [1.82, 2.24) is 15.5 Å². The second-order valence-corrected chi connectivity index (χ2v) is 11.3. The maximum Gasteiger partial charge on any atom is 0.319 e. The van der Waals surface area contributed by atoms with Crippen molar-refractivity contribution >= 4 is 29.2 Å². The van der Waals surface area contributed by atoms with Crippen molar-refractivity contribution in [1.29, 1.82) is 0 Å². The molecule has 4 rings (SSSR count). The van der Waals surface area contributed by atoms with E-state index in [1.165, 1.54) is 7.05 Å². The summed E-state index contributed by atoms with van der Waals surface area (Å²) in [5.74, 6) is 0.876. The van der Waals surface area contributed by atoms with Crippen LogP contribution in [-0.2, 0) is 0 Å². The standard InChI is InChI=1S/C35H45N5O6/c1-3-4-5-19-37-35(44)39-27-11-16-32(31(24-27)34(43)36-2)46-30-14-9-26(10-15-30)38-33(42)25-7-12-29(13-8-25)45-23-6-20-40-21-17-28(41)18-22-40/h7-16,24,28,41H,3-6,17-23H2,1-2H3,(H,36,43)(H,38,42)(H2,37,39,44). The molecule has 11 nitrogen and oxygen atoms in total. The number of piperidine rings is 1. The molecule has 0 atom stereocenters. The van der Waals surface area contributed by atoms with Gasteiger partial charge in [0.25, 0.3) is 11.8 Å². The highest BCUT2D eigenvalue weighted by atomic mass is 16.5. The molecule has 0 aromatic heterocycles. The van der Waals surface area contributed by atoms with Crippen LogP contribution in [0.15, 0.2) is 66.7 Å². The minimum atomic E-state index is -0.360. The number of anilines is 2. The van der Waals surface area contributed by atoms with Crippen molar-refractivity contribution in [3.63, 3.8) is 0 Å². The molecule has 11 heteroatoms. The van der Waals surface area contributed by atoms with E-state index in [1.807, 2.05) is 0 Å². The summed E-state index contributed by atoms with van der Waals surface area (Å²) in [7, 11) is 1.52. The van der Waals surface area contributed by atoms with E-state index >= 15 is 0 Å². The average molecular weight is 632 g/mol. The molecular weight excluding hydrogens is 586 g/mol. The number of nitrogens with one attached hydrogen (secondary N) is 4. The number of carbonyl (C=O) groups excluding carboxylic acids is 3. The van der Waals surface area contributed by atoms with Gasteiger partial charge in [0.15, 0.2) is 0 Å². The third kappa shape index (κ3) is 10.8. The van der Waals surface area contributed by atoms with Crippen LogP contribution in [0.25, 0.3) is 0 Å². The quantitative estimate of drug-likeness (QED) is 0.137. The average Bonchev–Trinajstić information content (AvgIpc) is 3.07. The first kappa shape index (κ1) is 34.3. The van der Waals surface area contributed by atoms with Gasteiger partial charge in [0.2, 0.25) is 0 Å². The Labute approximate surface area is 270 Å². The molecule has 246 valence electrons. The Morgan fingerprint density at radius 1 is 0.848 bits per heavy atom. The van der Waals surface area contributed by atoms with Gasteiger partial charge in [-0.3, -0.25) is 9.59 Å². The number of benzene rings is 3. The van der Waals surface area contributed by atoms with E-state index in [0.717, 1.165) is 58.2 Å². The van der Waals surface area contributed by atoms with Crippen molar-refractivity contribution in [2.24, 2.45) is 0 Å².